The molecule has 0 radical (unpaired) electrons. The van der Waals surface area contributed by atoms with Gasteiger partial charge in [-0.15, -0.1) is 11.3 Å². The van der Waals surface area contributed by atoms with Crippen LogP contribution in [0.15, 0.2) is 35.7 Å². The number of carbonyl (C=O) groups is 1. The summed E-state index contributed by atoms with van der Waals surface area (Å²) in [5.41, 5.74) is 0.0947. The Morgan fingerprint density at radius 3 is 2.81 bits per heavy atom. The summed E-state index contributed by atoms with van der Waals surface area (Å²) in [5, 5.41) is 30.4. The largest absolute Gasteiger partial charge is 0.502 e. The van der Waals surface area contributed by atoms with Gasteiger partial charge in [0, 0.05) is 21.9 Å². The lowest BCUT2D eigenvalue weighted by atomic mass is 10.1. The molecule has 0 aliphatic carbocycles. The smallest absolute Gasteiger partial charge is 0.311 e. The van der Waals surface area contributed by atoms with Crippen molar-refractivity contribution in [2.75, 3.05) is 0 Å². The minimum atomic E-state index is -0.756. The van der Waals surface area contributed by atoms with E-state index >= 15 is 0 Å². The third-order valence-corrected chi connectivity index (χ3v) is 3.50. The highest BCUT2D eigenvalue weighted by Crippen LogP contribution is 2.26. The fourth-order valence-corrected chi connectivity index (χ4v) is 2.30. The third kappa shape index (κ3) is 3.32. The zero-order chi connectivity index (χ0) is 15.4. The van der Waals surface area contributed by atoms with Gasteiger partial charge in [-0.05, 0) is 30.4 Å². The third-order valence-electron chi connectivity index (χ3n) is 2.60. The Labute approximate surface area is 123 Å². The number of nitrogens with zero attached hydrogens (tertiary/aromatic N) is 2. The molecule has 0 fully saturated rings. The minimum absolute atomic E-state index is 0.104. The molecule has 0 atom stereocenters. The molecule has 1 aromatic heterocycles. The van der Waals surface area contributed by atoms with Crippen LogP contribution in [0.25, 0.3) is 6.08 Å². The maximum Gasteiger partial charge on any atom is 0.311 e. The van der Waals surface area contributed by atoms with E-state index in [4.69, 9.17) is 5.26 Å². The van der Waals surface area contributed by atoms with Gasteiger partial charge in [-0.25, -0.2) is 0 Å². The lowest BCUT2D eigenvalue weighted by Gasteiger charge is -1.98. The first-order valence-electron chi connectivity index (χ1n) is 5.69. The van der Waals surface area contributed by atoms with Crippen LogP contribution in [-0.2, 0) is 0 Å². The van der Waals surface area contributed by atoms with Crippen molar-refractivity contribution in [2.45, 2.75) is 0 Å². The number of nitro groups is 1. The number of nitro benzene ring substituents is 1. The minimum Gasteiger partial charge on any atom is -0.502 e. The molecule has 1 N–H and O–H groups in total. The van der Waals surface area contributed by atoms with Crippen LogP contribution in [0.3, 0.4) is 0 Å². The molecule has 0 unspecified atom stereocenters. The Balaban J connectivity index is 2.22. The van der Waals surface area contributed by atoms with Crippen molar-refractivity contribution < 1.29 is 14.8 Å². The molecule has 1 heterocycles. The lowest BCUT2D eigenvalue weighted by molar-refractivity contribution is -0.385. The second-order valence-corrected chi connectivity index (χ2v) is 4.95. The van der Waals surface area contributed by atoms with Gasteiger partial charge in [-0.1, -0.05) is 0 Å². The summed E-state index contributed by atoms with van der Waals surface area (Å²) in [4.78, 5) is 22.6. The predicted molar refractivity (Wildman–Crippen MR) is 77.2 cm³/mol. The predicted octanol–water partition coefficient (Wildman–Crippen LogP) is 3.13. The highest BCUT2D eigenvalue weighted by molar-refractivity contribution is 7.11. The van der Waals surface area contributed by atoms with E-state index in [2.05, 4.69) is 0 Å². The van der Waals surface area contributed by atoms with Crippen LogP contribution in [0.1, 0.15) is 20.8 Å². The molecule has 0 saturated carbocycles. The van der Waals surface area contributed by atoms with Crippen molar-refractivity contribution in [1.82, 2.24) is 0 Å². The average molecular weight is 300 g/mol. The van der Waals surface area contributed by atoms with Crippen molar-refractivity contribution in [3.63, 3.8) is 0 Å². The molecular formula is C14H8N2O4S. The van der Waals surface area contributed by atoms with Crippen molar-refractivity contribution in [3.8, 4) is 11.8 Å². The Morgan fingerprint density at radius 1 is 1.43 bits per heavy atom. The Bertz CT molecular complexity index is 787. The Morgan fingerprint density at radius 2 is 2.19 bits per heavy atom. The van der Waals surface area contributed by atoms with Gasteiger partial charge in [0.2, 0.25) is 0 Å². The zero-order valence-electron chi connectivity index (χ0n) is 10.5. The molecule has 0 bridgehead atoms. The number of aromatic hydroxyl groups is 1. The van der Waals surface area contributed by atoms with Gasteiger partial charge < -0.3 is 5.11 Å². The number of allylic oxidation sites excluding steroid dienone is 1. The number of hydrogen-bond acceptors (Lipinski definition) is 6. The van der Waals surface area contributed by atoms with E-state index in [1.165, 1.54) is 29.6 Å². The number of nitriles is 1. The number of hydrogen-bond donors (Lipinski definition) is 1. The molecule has 2 aromatic rings. The van der Waals surface area contributed by atoms with Gasteiger partial charge in [0.05, 0.1) is 10.5 Å². The molecule has 104 valence electrons. The summed E-state index contributed by atoms with van der Waals surface area (Å²) in [6.07, 6.45) is 2.80. The molecule has 21 heavy (non-hydrogen) atoms. The molecule has 0 aliphatic rings. The van der Waals surface area contributed by atoms with E-state index in [1.807, 2.05) is 6.07 Å². The van der Waals surface area contributed by atoms with Crippen LogP contribution >= 0.6 is 11.3 Å². The number of ketones is 1. The van der Waals surface area contributed by atoms with Crippen LogP contribution in [0.5, 0.6) is 5.75 Å². The van der Waals surface area contributed by atoms with Crippen LogP contribution in [0.2, 0.25) is 0 Å². The number of phenolic OH excluding ortho intramolecular Hbond substituents is 1. The number of phenols is 1. The molecule has 6 nitrogen and oxygen atoms in total. The maximum absolute atomic E-state index is 11.9. The summed E-state index contributed by atoms with van der Waals surface area (Å²) >= 11 is 1.31. The SMILES string of the molecule is N#Cc1csc(C=CC(=O)c2ccc(O)c([N+](=O)[O-])c2)c1. The monoisotopic (exact) mass is 300 g/mol. The van der Waals surface area contributed by atoms with Gasteiger partial charge in [0.15, 0.2) is 11.5 Å². The average Bonchev–Trinajstić information content (AvgIpc) is 2.93. The van der Waals surface area contributed by atoms with Crippen molar-refractivity contribution in [3.05, 3.63) is 61.8 Å². The quantitative estimate of drug-likeness (QED) is 0.404. The molecular weight excluding hydrogens is 292 g/mol. The van der Waals surface area contributed by atoms with E-state index in [-0.39, 0.29) is 5.56 Å². The van der Waals surface area contributed by atoms with Gasteiger partial charge in [-0.3, -0.25) is 14.9 Å². The first-order valence-corrected chi connectivity index (χ1v) is 6.57. The summed E-state index contributed by atoms with van der Waals surface area (Å²) in [5.74, 6) is -0.914. The van der Waals surface area contributed by atoms with Crippen molar-refractivity contribution in [1.29, 1.82) is 5.26 Å². The van der Waals surface area contributed by atoms with Gasteiger partial charge >= 0.3 is 5.69 Å². The van der Waals surface area contributed by atoms with Gasteiger partial charge in [0.25, 0.3) is 0 Å². The first-order chi connectivity index (χ1) is 10.0. The summed E-state index contributed by atoms with van der Waals surface area (Å²) < 4.78 is 0. The summed E-state index contributed by atoms with van der Waals surface area (Å²) in [6.45, 7) is 0. The van der Waals surface area contributed by atoms with Gasteiger partial charge in [0.1, 0.15) is 6.07 Å². The fourth-order valence-electron chi connectivity index (χ4n) is 1.58. The van der Waals surface area contributed by atoms with E-state index in [1.54, 1.807) is 11.4 Å². The zero-order valence-corrected chi connectivity index (χ0v) is 11.3. The molecule has 0 aliphatic heterocycles. The number of rotatable bonds is 4. The molecule has 0 saturated heterocycles. The van der Waals surface area contributed by atoms with Gasteiger partial charge in [-0.2, -0.15) is 5.26 Å². The number of carbonyl (C=O) groups excluding carboxylic acids is 1. The highest BCUT2D eigenvalue weighted by Gasteiger charge is 2.15. The molecule has 0 spiro atoms. The molecule has 7 heteroatoms. The fraction of sp³-hybridized carbons (Fsp3) is 0. The second kappa shape index (κ2) is 5.98. The van der Waals surface area contributed by atoms with E-state index in [0.29, 0.717) is 5.56 Å². The van der Waals surface area contributed by atoms with E-state index in [0.717, 1.165) is 17.0 Å². The van der Waals surface area contributed by atoms with E-state index in [9.17, 15) is 20.0 Å². The van der Waals surface area contributed by atoms with E-state index < -0.39 is 22.1 Å². The lowest BCUT2D eigenvalue weighted by Crippen LogP contribution is -1.96. The van der Waals surface area contributed by atoms with Crippen LogP contribution in [-0.4, -0.2) is 15.8 Å². The molecule has 1 aromatic carbocycles. The summed E-state index contributed by atoms with van der Waals surface area (Å²) in [6, 6.07) is 7.06. The van der Waals surface area contributed by atoms with Crippen LogP contribution < -0.4 is 0 Å². The second-order valence-electron chi connectivity index (χ2n) is 4.01. The topological polar surface area (TPSA) is 104 Å². The standard InChI is InChI=1S/C14H8N2O4S/c15-7-9-5-11(21-8-9)2-4-13(17)10-1-3-14(18)12(6-10)16(19)20/h1-6,8,18H. The van der Waals surface area contributed by atoms with Crippen LogP contribution in [0, 0.1) is 21.4 Å². The molecule has 2 rings (SSSR count). The van der Waals surface area contributed by atoms with Crippen LogP contribution in [0.4, 0.5) is 5.69 Å². The summed E-state index contributed by atoms with van der Waals surface area (Å²) in [7, 11) is 0. The normalized spacial score (nSPS) is 10.4. The maximum atomic E-state index is 11.9. The first kappa shape index (κ1) is 14.4. The van der Waals surface area contributed by atoms with Crippen molar-refractivity contribution in [2.24, 2.45) is 0 Å². The number of benzene rings is 1. The van der Waals surface area contributed by atoms with Crippen molar-refractivity contribution >= 4 is 28.9 Å². The highest BCUT2D eigenvalue weighted by atomic mass is 32.1. The molecule has 0 amide bonds. The Kier molecular flexibility index (Phi) is 4.11. The number of thiophene rings is 1. The Hall–Kier alpha value is -2.98.